The summed E-state index contributed by atoms with van der Waals surface area (Å²) in [4.78, 5) is 3.67. The van der Waals surface area contributed by atoms with Crippen molar-refractivity contribution in [3.8, 4) is 17.1 Å². The molecule has 66 valence electrons. The van der Waals surface area contributed by atoms with Crippen molar-refractivity contribution in [1.82, 2.24) is 4.98 Å². The highest BCUT2D eigenvalue weighted by atomic mass is 19.1. The Morgan fingerprint density at radius 2 is 2.23 bits per heavy atom. The highest BCUT2D eigenvalue weighted by molar-refractivity contribution is 5.58. The number of nitrogens with zero attached hydrogens (tertiary/aromatic N) is 1. The normalized spacial score (nSPS) is 10.2. The Morgan fingerprint density at radius 3 is 2.85 bits per heavy atom. The molecule has 0 bridgehead atoms. The molecule has 1 heterocycles. The molecule has 0 radical (unpaired) electrons. The zero-order valence-corrected chi connectivity index (χ0v) is 6.57. The fourth-order valence-corrected chi connectivity index (χ4v) is 1.05. The minimum absolute atomic E-state index is 0.110. The minimum atomic E-state index is -0.531. The van der Waals surface area contributed by atoms with E-state index >= 15 is 0 Å². The van der Waals surface area contributed by atoms with E-state index < -0.39 is 5.82 Å². The lowest BCUT2D eigenvalue weighted by atomic mass is 10.1. The van der Waals surface area contributed by atoms with Gasteiger partial charge in [-0.25, -0.2) is 9.37 Å². The molecule has 0 saturated heterocycles. The molecule has 0 aliphatic rings. The van der Waals surface area contributed by atoms with Gasteiger partial charge in [0.05, 0.1) is 11.8 Å². The van der Waals surface area contributed by atoms with Gasteiger partial charge in [0.1, 0.15) is 11.6 Å². The lowest BCUT2D eigenvalue weighted by Crippen LogP contribution is -1.81. The van der Waals surface area contributed by atoms with E-state index in [2.05, 4.69) is 4.98 Å². The van der Waals surface area contributed by atoms with Crippen LogP contribution in [0.2, 0.25) is 0 Å². The summed E-state index contributed by atoms with van der Waals surface area (Å²) in [6.45, 7) is 0. The zero-order valence-electron chi connectivity index (χ0n) is 6.57. The molecule has 4 heteroatoms. The first kappa shape index (κ1) is 7.79. The van der Waals surface area contributed by atoms with Crippen molar-refractivity contribution >= 4 is 0 Å². The second-order valence-corrected chi connectivity index (χ2v) is 2.53. The molecule has 0 fully saturated rings. The summed E-state index contributed by atoms with van der Waals surface area (Å²) in [6.07, 6.45) is 2.64. The molecule has 0 aliphatic heterocycles. The first-order valence-electron chi connectivity index (χ1n) is 3.65. The number of hydrogen-bond acceptors (Lipinski definition) is 3. The molecular weight excluding hydrogens is 173 g/mol. The van der Waals surface area contributed by atoms with Crippen LogP contribution in [0, 0.1) is 5.82 Å². The highest BCUT2D eigenvalue weighted by Gasteiger charge is 2.08. The first-order valence-corrected chi connectivity index (χ1v) is 3.65. The average molecular weight is 179 g/mol. The summed E-state index contributed by atoms with van der Waals surface area (Å²) in [5.41, 5.74) is 0.287. The van der Waals surface area contributed by atoms with Crippen LogP contribution in [0.4, 0.5) is 4.39 Å². The molecule has 0 atom stereocenters. The highest BCUT2D eigenvalue weighted by Crippen LogP contribution is 2.24. The fourth-order valence-electron chi connectivity index (χ4n) is 1.05. The standard InChI is InChI=1S/C9H6FNO2/c10-8-3-6(12)1-2-7(8)9-4-11-5-13-9/h1-5,12H. The topological polar surface area (TPSA) is 46.3 Å². The van der Waals surface area contributed by atoms with E-state index in [1.165, 1.54) is 24.7 Å². The van der Waals surface area contributed by atoms with Crippen LogP contribution < -0.4 is 0 Å². The summed E-state index contributed by atoms with van der Waals surface area (Å²) >= 11 is 0. The van der Waals surface area contributed by atoms with E-state index in [0.29, 0.717) is 5.76 Å². The Bertz CT molecular complexity index is 412. The monoisotopic (exact) mass is 179 g/mol. The summed E-state index contributed by atoms with van der Waals surface area (Å²) in [6, 6.07) is 3.85. The smallest absolute Gasteiger partial charge is 0.181 e. The van der Waals surface area contributed by atoms with E-state index in [0.717, 1.165) is 6.07 Å². The van der Waals surface area contributed by atoms with Gasteiger partial charge in [-0.15, -0.1) is 0 Å². The molecule has 1 aromatic carbocycles. The van der Waals surface area contributed by atoms with Crippen LogP contribution in [0.15, 0.2) is 35.2 Å². The van der Waals surface area contributed by atoms with E-state index in [1.807, 2.05) is 0 Å². The van der Waals surface area contributed by atoms with Gasteiger partial charge in [-0.3, -0.25) is 0 Å². The lowest BCUT2D eigenvalue weighted by molar-refractivity contribution is 0.469. The van der Waals surface area contributed by atoms with E-state index in [4.69, 9.17) is 9.52 Å². The number of aromatic nitrogens is 1. The Balaban J connectivity index is 2.53. The number of halogens is 1. The van der Waals surface area contributed by atoms with Crippen molar-refractivity contribution < 1.29 is 13.9 Å². The van der Waals surface area contributed by atoms with Gasteiger partial charge < -0.3 is 9.52 Å². The molecule has 0 aliphatic carbocycles. The molecule has 0 amide bonds. The SMILES string of the molecule is Oc1ccc(-c2cnco2)c(F)c1. The number of benzene rings is 1. The molecule has 1 aromatic heterocycles. The first-order chi connectivity index (χ1) is 6.27. The van der Waals surface area contributed by atoms with Crippen molar-refractivity contribution in [3.05, 3.63) is 36.6 Å². The fraction of sp³-hybridized carbons (Fsp3) is 0. The van der Waals surface area contributed by atoms with Gasteiger partial charge in [0.2, 0.25) is 0 Å². The predicted octanol–water partition coefficient (Wildman–Crippen LogP) is 2.19. The molecule has 0 spiro atoms. The third kappa shape index (κ3) is 1.38. The Morgan fingerprint density at radius 1 is 1.38 bits per heavy atom. The number of oxazole rings is 1. The number of rotatable bonds is 1. The van der Waals surface area contributed by atoms with Gasteiger partial charge in [-0.2, -0.15) is 0 Å². The second kappa shape index (κ2) is 2.90. The van der Waals surface area contributed by atoms with Crippen LogP contribution in [0.5, 0.6) is 5.75 Å². The van der Waals surface area contributed by atoms with Crippen molar-refractivity contribution in [3.63, 3.8) is 0 Å². The molecule has 0 saturated carbocycles. The second-order valence-electron chi connectivity index (χ2n) is 2.53. The number of phenolic OH excluding ortho intramolecular Hbond substituents is 1. The Labute approximate surface area is 73.5 Å². The summed E-state index contributed by atoms with van der Waals surface area (Å²) in [5.74, 6) is -0.296. The van der Waals surface area contributed by atoms with Gasteiger partial charge in [-0.1, -0.05) is 0 Å². The molecular formula is C9H6FNO2. The van der Waals surface area contributed by atoms with Gasteiger partial charge in [0.15, 0.2) is 12.2 Å². The zero-order chi connectivity index (χ0) is 9.26. The summed E-state index contributed by atoms with van der Waals surface area (Å²) in [7, 11) is 0. The van der Waals surface area contributed by atoms with Crippen LogP contribution in [0.3, 0.4) is 0 Å². The van der Waals surface area contributed by atoms with E-state index in [1.54, 1.807) is 0 Å². The van der Waals surface area contributed by atoms with Crippen LogP contribution in [-0.4, -0.2) is 10.1 Å². The van der Waals surface area contributed by atoms with Crippen molar-refractivity contribution in [2.24, 2.45) is 0 Å². The predicted molar refractivity (Wildman–Crippen MR) is 43.6 cm³/mol. The van der Waals surface area contributed by atoms with Crippen LogP contribution >= 0.6 is 0 Å². The third-order valence-electron chi connectivity index (χ3n) is 1.65. The number of aromatic hydroxyl groups is 1. The van der Waals surface area contributed by atoms with Crippen molar-refractivity contribution in [2.45, 2.75) is 0 Å². The van der Waals surface area contributed by atoms with E-state index in [9.17, 15) is 4.39 Å². The Hall–Kier alpha value is -1.84. The van der Waals surface area contributed by atoms with Gasteiger partial charge >= 0.3 is 0 Å². The van der Waals surface area contributed by atoms with Crippen molar-refractivity contribution in [1.29, 1.82) is 0 Å². The van der Waals surface area contributed by atoms with Gasteiger partial charge in [0.25, 0.3) is 0 Å². The molecule has 0 unspecified atom stereocenters. The van der Waals surface area contributed by atoms with Crippen LogP contribution in [-0.2, 0) is 0 Å². The molecule has 2 rings (SSSR count). The van der Waals surface area contributed by atoms with Gasteiger partial charge in [0, 0.05) is 6.07 Å². The van der Waals surface area contributed by atoms with E-state index in [-0.39, 0.29) is 11.3 Å². The number of phenols is 1. The summed E-state index contributed by atoms with van der Waals surface area (Å²) in [5, 5.41) is 8.95. The maximum atomic E-state index is 13.2. The third-order valence-corrected chi connectivity index (χ3v) is 1.65. The Kier molecular flexibility index (Phi) is 1.73. The summed E-state index contributed by atoms with van der Waals surface area (Å²) < 4.78 is 18.1. The van der Waals surface area contributed by atoms with Gasteiger partial charge in [-0.05, 0) is 12.1 Å². The maximum absolute atomic E-state index is 13.2. The lowest BCUT2D eigenvalue weighted by Gasteiger charge is -1.98. The average Bonchev–Trinajstić information content (AvgIpc) is 2.56. The number of hydrogen-bond donors (Lipinski definition) is 1. The van der Waals surface area contributed by atoms with Crippen LogP contribution in [0.1, 0.15) is 0 Å². The molecule has 13 heavy (non-hydrogen) atoms. The molecule has 3 nitrogen and oxygen atoms in total. The minimum Gasteiger partial charge on any atom is -0.508 e. The maximum Gasteiger partial charge on any atom is 0.181 e. The van der Waals surface area contributed by atoms with Crippen LogP contribution in [0.25, 0.3) is 11.3 Å². The largest absolute Gasteiger partial charge is 0.508 e. The molecule has 1 N–H and O–H groups in total. The quantitative estimate of drug-likeness (QED) is 0.729. The molecule has 2 aromatic rings. The van der Waals surface area contributed by atoms with Crippen molar-refractivity contribution in [2.75, 3.05) is 0 Å².